The molecule has 0 bridgehead atoms. The number of aromatic nitrogens is 3. The number of aromatic amines is 1. The second-order valence-electron chi connectivity index (χ2n) is 4.65. The Morgan fingerprint density at radius 2 is 2.38 bits per heavy atom. The summed E-state index contributed by atoms with van der Waals surface area (Å²) in [4.78, 5) is 16.3. The van der Waals surface area contributed by atoms with Gasteiger partial charge in [0.05, 0.1) is 5.69 Å². The Kier molecular flexibility index (Phi) is 2.09. The molecule has 0 aromatic carbocycles. The Bertz CT molecular complexity index is 565. The lowest BCUT2D eigenvalue weighted by Gasteiger charge is -2.30. The zero-order valence-corrected chi connectivity index (χ0v) is 9.31. The lowest BCUT2D eigenvalue weighted by molar-refractivity contribution is 0.269. The van der Waals surface area contributed by atoms with Crippen LogP contribution in [0, 0.1) is 5.92 Å². The van der Waals surface area contributed by atoms with Crippen molar-refractivity contribution in [1.29, 1.82) is 0 Å². The molecule has 3 rings (SSSR count). The number of H-pyrrole nitrogens is 1. The molecule has 4 nitrogen and oxygen atoms in total. The highest BCUT2D eigenvalue weighted by Crippen LogP contribution is 2.37. The summed E-state index contributed by atoms with van der Waals surface area (Å²) in [5.41, 5.74) is 1.64. The third-order valence-electron chi connectivity index (χ3n) is 3.72. The smallest absolute Gasteiger partial charge is 0.272 e. The molecular weight excluding hydrogens is 202 g/mol. The lowest BCUT2D eigenvalue weighted by atomic mass is 9.75. The summed E-state index contributed by atoms with van der Waals surface area (Å²) >= 11 is 0. The van der Waals surface area contributed by atoms with Crippen molar-refractivity contribution in [2.45, 2.75) is 32.1 Å². The highest BCUT2D eigenvalue weighted by molar-refractivity contribution is 5.37. The maximum absolute atomic E-state index is 11.8. The Balaban J connectivity index is 2.06. The highest BCUT2D eigenvalue weighted by Gasteiger charge is 2.26. The van der Waals surface area contributed by atoms with Gasteiger partial charge in [-0.25, -0.2) is 9.50 Å². The third kappa shape index (κ3) is 1.37. The molecule has 2 heterocycles. The van der Waals surface area contributed by atoms with Crippen molar-refractivity contribution in [1.82, 2.24) is 14.6 Å². The van der Waals surface area contributed by atoms with Gasteiger partial charge in [0, 0.05) is 24.2 Å². The van der Waals surface area contributed by atoms with E-state index < -0.39 is 0 Å². The average Bonchev–Trinajstić information content (AvgIpc) is 2.63. The van der Waals surface area contributed by atoms with Gasteiger partial charge in [-0.2, -0.15) is 0 Å². The van der Waals surface area contributed by atoms with Gasteiger partial charge in [0.15, 0.2) is 5.65 Å². The number of hydrogen-bond acceptors (Lipinski definition) is 2. The maximum atomic E-state index is 11.8. The molecule has 1 unspecified atom stereocenters. The SMILES string of the molecule is CC(c1cc(=O)n2[nH]ccc2n1)C1CCC1. The normalized spacial score (nSPS) is 18.6. The fourth-order valence-corrected chi connectivity index (χ4v) is 2.36. The third-order valence-corrected chi connectivity index (χ3v) is 3.72. The number of nitrogens with one attached hydrogen (secondary N) is 1. The fourth-order valence-electron chi connectivity index (χ4n) is 2.36. The van der Waals surface area contributed by atoms with E-state index in [4.69, 9.17) is 0 Å². The van der Waals surface area contributed by atoms with Crippen molar-refractivity contribution in [3.8, 4) is 0 Å². The molecule has 0 saturated heterocycles. The van der Waals surface area contributed by atoms with Gasteiger partial charge in [-0.3, -0.25) is 9.89 Å². The summed E-state index contributed by atoms with van der Waals surface area (Å²) in [7, 11) is 0. The van der Waals surface area contributed by atoms with Crippen molar-refractivity contribution in [3.63, 3.8) is 0 Å². The van der Waals surface area contributed by atoms with E-state index in [0.717, 1.165) is 5.69 Å². The molecule has 2 aromatic heterocycles. The van der Waals surface area contributed by atoms with Crippen LogP contribution in [0.4, 0.5) is 0 Å². The molecule has 1 atom stereocenters. The molecule has 2 aromatic rings. The predicted octanol–water partition coefficient (Wildman–Crippen LogP) is 1.93. The van der Waals surface area contributed by atoms with Gasteiger partial charge in [0.2, 0.25) is 0 Å². The van der Waals surface area contributed by atoms with Crippen LogP contribution in [0.15, 0.2) is 23.1 Å². The second-order valence-corrected chi connectivity index (χ2v) is 4.65. The molecule has 16 heavy (non-hydrogen) atoms. The molecule has 0 aliphatic heterocycles. The topological polar surface area (TPSA) is 50.2 Å². The molecule has 1 fully saturated rings. The minimum Gasteiger partial charge on any atom is -0.297 e. The Hall–Kier alpha value is -1.58. The standard InChI is InChI=1S/C12H15N3O/c1-8(9-3-2-4-9)10-7-12(16)15-11(14-10)5-6-13-15/h5-9,13H,2-4H2,1H3. The van der Waals surface area contributed by atoms with Crippen LogP contribution < -0.4 is 5.56 Å². The summed E-state index contributed by atoms with van der Waals surface area (Å²) < 4.78 is 1.47. The van der Waals surface area contributed by atoms with Crippen LogP contribution in [0.3, 0.4) is 0 Å². The molecule has 1 saturated carbocycles. The predicted molar refractivity (Wildman–Crippen MR) is 61.6 cm³/mol. The Labute approximate surface area is 93.3 Å². The largest absolute Gasteiger partial charge is 0.297 e. The molecule has 4 heteroatoms. The lowest BCUT2D eigenvalue weighted by Crippen LogP contribution is -2.22. The first-order chi connectivity index (χ1) is 7.75. The molecule has 1 N–H and O–H groups in total. The first-order valence-electron chi connectivity index (χ1n) is 5.83. The van der Waals surface area contributed by atoms with Crippen LogP contribution >= 0.6 is 0 Å². The Morgan fingerprint density at radius 1 is 1.56 bits per heavy atom. The zero-order chi connectivity index (χ0) is 11.1. The quantitative estimate of drug-likeness (QED) is 0.835. The van der Waals surface area contributed by atoms with E-state index in [1.807, 2.05) is 6.07 Å². The van der Waals surface area contributed by atoms with E-state index >= 15 is 0 Å². The highest BCUT2D eigenvalue weighted by atomic mass is 16.1. The van der Waals surface area contributed by atoms with Crippen molar-refractivity contribution in [2.75, 3.05) is 0 Å². The minimum atomic E-state index is -0.0174. The summed E-state index contributed by atoms with van der Waals surface area (Å²) in [6, 6.07) is 3.49. The summed E-state index contributed by atoms with van der Waals surface area (Å²) in [6.07, 6.45) is 5.60. The first-order valence-corrected chi connectivity index (χ1v) is 5.83. The molecule has 0 spiro atoms. The second kappa shape index (κ2) is 3.47. The van der Waals surface area contributed by atoms with Crippen LogP contribution in [0.1, 0.15) is 37.8 Å². The van der Waals surface area contributed by atoms with Crippen LogP contribution in [0.5, 0.6) is 0 Å². The molecule has 0 radical (unpaired) electrons. The molecule has 1 aliphatic rings. The van der Waals surface area contributed by atoms with Gasteiger partial charge in [0.25, 0.3) is 5.56 Å². The van der Waals surface area contributed by atoms with Crippen LogP contribution in [0.25, 0.3) is 5.65 Å². The summed E-state index contributed by atoms with van der Waals surface area (Å²) in [5, 5.41) is 2.85. The maximum Gasteiger partial charge on any atom is 0.272 e. The van der Waals surface area contributed by atoms with Crippen LogP contribution in [-0.4, -0.2) is 14.6 Å². The van der Waals surface area contributed by atoms with E-state index in [-0.39, 0.29) is 5.56 Å². The minimum absolute atomic E-state index is 0.0174. The van der Waals surface area contributed by atoms with Crippen molar-refractivity contribution < 1.29 is 0 Å². The van der Waals surface area contributed by atoms with Crippen molar-refractivity contribution in [2.24, 2.45) is 5.92 Å². The number of fused-ring (bicyclic) bond motifs is 1. The van der Waals surface area contributed by atoms with E-state index in [1.165, 1.54) is 23.8 Å². The van der Waals surface area contributed by atoms with Crippen molar-refractivity contribution in [3.05, 3.63) is 34.4 Å². The van der Waals surface area contributed by atoms with Gasteiger partial charge < -0.3 is 0 Å². The van der Waals surface area contributed by atoms with E-state index in [0.29, 0.717) is 17.5 Å². The summed E-state index contributed by atoms with van der Waals surface area (Å²) in [5.74, 6) is 1.12. The van der Waals surface area contributed by atoms with Gasteiger partial charge in [-0.1, -0.05) is 13.3 Å². The molecule has 84 valence electrons. The molecule has 0 amide bonds. The Morgan fingerprint density at radius 3 is 3.06 bits per heavy atom. The average molecular weight is 217 g/mol. The number of rotatable bonds is 2. The van der Waals surface area contributed by atoms with Gasteiger partial charge in [-0.15, -0.1) is 0 Å². The van der Waals surface area contributed by atoms with E-state index in [2.05, 4.69) is 17.0 Å². The number of nitrogens with zero attached hydrogens (tertiary/aromatic N) is 2. The van der Waals surface area contributed by atoms with Gasteiger partial charge in [-0.05, 0) is 18.8 Å². The number of hydrogen-bond donors (Lipinski definition) is 1. The first kappa shape index (κ1) is 9.63. The summed E-state index contributed by atoms with van der Waals surface area (Å²) in [6.45, 7) is 2.18. The molecular formula is C12H15N3O. The van der Waals surface area contributed by atoms with Gasteiger partial charge >= 0.3 is 0 Å². The van der Waals surface area contributed by atoms with Crippen molar-refractivity contribution >= 4 is 5.65 Å². The fraction of sp³-hybridized carbons (Fsp3) is 0.500. The molecule has 1 aliphatic carbocycles. The van der Waals surface area contributed by atoms with Gasteiger partial charge in [0.1, 0.15) is 0 Å². The van der Waals surface area contributed by atoms with E-state index in [1.54, 1.807) is 12.3 Å². The van der Waals surface area contributed by atoms with Crippen LogP contribution in [-0.2, 0) is 0 Å². The monoisotopic (exact) mass is 217 g/mol. The van der Waals surface area contributed by atoms with E-state index in [9.17, 15) is 4.79 Å². The zero-order valence-electron chi connectivity index (χ0n) is 9.31. The van der Waals surface area contributed by atoms with Crippen LogP contribution in [0.2, 0.25) is 0 Å².